The van der Waals surface area contributed by atoms with Crippen molar-refractivity contribution in [3.8, 4) is 28.0 Å². The van der Waals surface area contributed by atoms with Gasteiger partial charge >= 0.3 is 0 Å². The molecule has 174 valence electrons. The van der Waals surface area contributed by atoms with Crippen LogP contribution < -0.4 is 4.74 Å². The van der Waals surface area contributed by atoms with Crippen molar-refractivity contribution in [1.29, 1.82) is 0 Å². The highest BCUT2D eigenvalue weighted by Gasteiger charge is 2.11. The summed E-state index contributed by atoms with van der Waals surface area (Å²) in [4.78, 5) is 0. The maximum absolute atomic E-state index is 9.13. The highest BCUT2D eigenvalue weighted by molar-refractivity contribution is 5.75. The first kappa shape index (κ1) is 24.8. The zero-order valence-corrected chi connectivity index (χ0v) is 20.1. The van der Waals surface area contributed by atoms with Crippen LogP contribution in [0.3, 0.4) is 0 Å². The van der Waals surface area contributed by atoms with Gasteiger partial charge in [-0.1, -0.05) is 67.6 Å². The van der Waals surface area contributed by atoms with Crippen LogP contribution in [-0.2, 0) is 24.0 Å². The van der Waals surface area contributed by atoms with Gasteiger partial charge in [0.2, 0.25) is 0 Å². The summed E-state index contributed by atoms with van der Waals surface area (Å²) >= 11 is 0. The second kappa shape index (κ2) is 13.0. The van der Waals surface area contributed by atoms with Crippen molar-refractivity contribution >= 4 is 0 Å². The molecule has 0 bridgehead atoms. The fourth-order valence-electron chi connectivity index (χ4n) is 4.08. The number of methoxy groups -OCH3 is 1. The van der Waals surface area contributed by atoms with Crippen LogP contribution in [-0.4, -0.2) is 32.0 Å². The van der Waals surface area contributed by atoms with E-state index in [2.05, 4.69) is 80.6 Å². The van der Waals surface area contributed by atoms with E-state index in [0.717, 1.165) is 37.0 Å². The number of hydrogen-bond acceptors (Lipinski definition) is 3. The maximum Gasteiger partial charge on any atom is 0.122 e. The second-order valence-electron chi connectivity index (χ2n) is 8.17. The number of allylic oxidation sites excluding steroid dienone is 2. The molecule has 33 heavy (non-hydrogen) atoms. The number of benzene rings is 3. The van der Waals surface area contributed by atoms with Gasteiger partial charge in [0.1, 0.15) is 12.4 Å². The lowest BCUT2D eigenvalue weighted by atomic mass is 9.92. The Hall–Kier alpha value is -2.88. The van der Waals surface area contributed by atoms with E-state index in [1.54, 1.807) is 7.11 Å². The van der Waals surface area contributed by atoms with Crippen molar-refractivity contribution in [2.45, 2.75) is 39.5 Å². The fraction of sp³-hybridized carbons (Fsp3) is 0.333. The first-order valence-electron chi connectivity index (χ1n) is 11.9. The molecule has 3 nitrogen and oxygen atoms in total. The lowest BCUT2D eigenvalue weighted by molar-refractivity contribution is 0.192. The quantitative estimate of drug-likeness (QED) is 0.318. The molecule has 0 saturated carbocycles. The Labute approximate surface area is 198 Å². The zero-order valence-electron chi connectivity index (χ0n) is 20.1. The molecule has 0 aliphatic rings. The van der Waals surface area contributed by atoms with Gasteiger partial charge in [-0.2, -0.15) is 0 Å². The molecule has 3 heteroatoms. The first-order valence-corrected chi connectivity index (χ1v) is 11.9. The SMILES string of the molecule is C/C=C/CCc1ccc(-c2ccc(-c3ccc(OCCO)c(CCOC)c3)c(CC)c2)cc1. The zero-order chi connectivity index (χ0) is 23.5. The van der Waals surface area contributed by atoms with E-state index in [9.17, 15) is 0 Å². The Balaban J connectivity index is 1.87. The van der Waals surface area contributed by atoms with Crippen LogP contribution in [0.15, 0.2) is 72.8 Å². The third-order valence-corrected chi connectivity index (χ3v) is 5.90. The molecular weight excluding hydrogens is 408 g/mol. The minimum absolute atomic E-state index is 0.00365. The first-order chi connectivity index (χ1) is 16.2. The molecule has 3 rings (SSSR count). The molecule has 1 N–H and O–H groups in total. The average molecular weight is 445 g/mol. The predicted molar refractivity (Wildman–Crippen MR) is 138 cm³/mol. The van der Waals surface area contributed by atoms with Crippen molar-refractivity contribution in [3.05, 3.63) is 89.5 Å². The van der Waals surface area contributed by atoms with Crippen LogP contribution >= 0.6 is 0 Å². The Morgan fingerprint density at radius 2 is 1.55 bits per heavy atom. The summed E-state index contributed by atoms with van der Waals surface area (Å²) < 4.78 is 11.0. The predicted octanol–water partition coefficient (Wildman–Crippen LogP) is 6.65. The van der Waals surface area contributed by atoms with Gasteiger partial charge < -0.3 is 14.6 Å². The highest BCUT2D eigenvalue weighted by Crippen LogP contribution is 2.33. The number of rotatable bonds is 12. The molecule has 0 aromatic heterocycles. The third-order valence-electron chi connectivity index (χ3n) is 5.90. The lowest BCUT2D eigenvalue weighted by Gasteiger charge is -2.15. The van der Waals surface area contributed by atoms with Gasteiger partial charge in [0.05, 0.1) is 13.2 Å². The smallest absolute Gasteiger partial charge is 0.122 e. The van der Waals surface area contributed by atoms with Gasteiger partial charge in [0, 0.05) is 7.11 Å². The third kappa shape index (κ3) is 6.80. The summed E-state index contributed by atoms with van der Waals surface area (Å²) in [6.45, 7) is 5.20. The van der Waals surface area contributed by atoms with E-state index >= 15 is 0 Å². The van der Waals surface area contributed by atoms with E-state index in [-0.39, 0.29) is 6.61 Å². The molecule has 0 heterocycles. The van der Waals surface area contributed by atoms with Crippen LogP contribution in [0.4, 0.5) is 0 Å². The van der Waals surface area contributed by atoms with Gasteiger partial charge in [-0.3, -0.25) is 0 Å². The average Bonchev–Trinajstić information content (AvgIpc) is 2.86. The Kier molecular flexibility index (Phi) is 9.74. The van der Waals surface area contributed by atoms with E-state index < -0.39 is 0 Å². The van der Waals surface area contributed by atoms with Crippen LogP contribution in [0.5, 0.6) is 5.75 Å². The largest absolute Gasteiger partial charge is 0.491 e. The molecule has 0 amide bonds. The molecule has 0 fully saturated rings. The monoisotopic (exact) mass is 444 g/mol. The van der Waals surface area contributed by atoms with Crippen molar-refractivity contribution in [2.24, 2.45) is 0 Å². The summed E-state index contributed by atoms with van der Waals surface area (Å²) in [5, 5.41) is 9.13. The van der Waals surface area contributed by atoms with Crippen LogP contribution in [0.1, 0.15) is 37.0 Å². The van der Waals surface area contributed by atoms with E-state index in [4.69, 9.17) is 14.6 Å². The summed E-state index contributed by atoms with van der Waals surface area (Å²) in [5.74, 6) is 0.814. The number of ether oxygens (including phenoxy) is 2. The van der Waals surface area contributed by atoms with Crippen molar-refractivity contribution in [2.75, 3.05) is 26.9 Å². The molecule has 3 aromatic carbocycles. The van der Waals surface area contributed by atoms with Gasteiger partial charge in [0.15, 0.2) is 0 Å². The molecular formula is C30H36O3. The minimum atomic E-state index is 0.00365. The number of aliphatic hydroxyl groups is 1. The standard InChI is InChI=1S/C30H36O3/c1-4-6-7-8-23-9-11-25(12-10-23)26-13-15-29(24(5-2)21-26)27-14-16-30(33-20-18-31)28(22-27)17-19-32-3/h4,6,9-16,21-22,31H,5,7-8,17-20H2,1-3H3/b6-4+. The highest BCUT2D eigenvalue weighted by atomic mass is 16.5. The summed E-state index contributed by atoms with van der Waals surface area (Å²) in [6.07, 6.45) is 8.21. The Morgan fingerprint density at radius 3 is 2.24 bits per heavy atom. The van der Waals surface area contributed by atoms with Crippen LogP contribution in [0.2, 0.25) is 0 Å². The van der Waals surface area contributed by atoms with E-state index in [1.807, 2.05) is 6.07 Å². The number of hydrogen-bond donors (Lipinski definition) is 1. The molecule has 0 aliphatic carbocycles. The number of aliphatic hydroxyl groups excluding tert-OH is 1. The topological polar surface area (TPSA) is 38.7 Å². The van der Waals surface area contributed by atoms with E-state index in [0.29, 0.717) is 13.2 Å². The van der Waals surface area contributed by atoms with Crippen LogP contribution in [0.25, 0.3) is 22.3 Å². The van der Waals surface area contributed by atoms with Gasteiger partial charge in [-0.25, -0.2) is 0 Å². The molecule has 3 aromatic rings. The van der Waals surface area contributed by atoms with Crippen molar-refractivity contribution < 1.29 is 14.6 Å². The molecule has 0 saturated heterocycles. The molecule has 0 radical (unpaired) electrons. The molecule has 0 unspecified atom stereocenters. The molecule has 0 aliphatic heterocycles. The van der Waals surface area contributed by atoms with Gasteiger partial charge in [-0.15, -0.1) is 0 Å². The fourth-order valence-corrected chi connectivity index (χ4v) is 4.08. The Bertz CT molecular complexity index is 1030. The van der Waals surface area contributed by atoms with Gasteiger partial charge in [-0.05, 0) is 83.7 Å². The van der Waals surface area contributed by atoms with Crippen molar-refractivity contribution in [1.82, 2.24) is 0 Å². The summed E-state index contributed by atoms with van der Waals surface area (Å²) in [6, 6.07) is 22.0. The number of aryl methyl sites for hydroxylation is 2. The van der Waals surface area contributed by atoms with Crippen molar-refractivity contribution in [3.63, 3.8) is 0 Å². The van der Waals surface area contributed by atoms with E-state index in [1.165, 1.54) is 33.4 Å². The van der Waals surface area contributed by atoms with Gasteiger partial charge in [0.25, 0.3) is 0 Å². The maximum atomic E-state index is 9.13. The Morgan fingerprint density at radius 1 is 0.818 bits per heavy atom. The lowest BCUT2D eigenvalue weighted by Crippen LogP contribution is -2.05. The summed E-state index contributed by atoms with van der Waals surface area (Å²) in [5.41, 5.74) is 8.72. The molecule has 0 atom stereocenters. The normalized spacial score (nSPS) is 11.3. The minimum Gasteiger partial charge on any atom is -0.491 e. The summed E-state index contributed by atoms with van der Waals surface area (Å²) in [7, 11) is 1.71. The molecule has 0 spiro atoms. The second-order valence-corrected chi connectivity index (χ2v) is 8.17. The van der Waals surface area contributed by atoms with Crippen LogP contribution in [0, 0.1) is 0 Å².